The Bertz CT molecular complexity index is 386. The van der Waals surface area contributed by atoms with Gasteiger partial charge in [-0.05, 0) is 13.0 Å². The predicted molar refractivity (Wildman–Crippen MR) is 56.9 cm³/mol. The Kier molecular flexibility index (Phi) is 4.69. The number of halogens is 3. The maximum absolute atomic E-state index is 12.6. The summed E-state index contributed by atoms with van der Waals surface area (Å²) < 4.78 is 42.8. The molecule has 5 heteroatoms. The van der Waals surface area contributed by atoms with Crippen molar-refractivity contribution < 1.29 is 22.7 Å². The van der Waals surface area contributed by atoms with E-state index in [0.29, 0.717) is 6.61 Å². The van der Waals surface area contributed by atoms with Crippen LogP contribution in [0.15, 0.2) is 24.3 Å². The summed E-state index contributed by atoms with van der Waals surface area (Å²) in [6.07, 6.45) is -4.54. The molecule has 1 aromatic rings. The second-order valence-electron chi connectivity index (χ2n) is 3.41. The fourth-order valence-electron chi connectivity index (χ4n) is 1.42. The van der Waals surface area contributed by atoms with Gasteiger partial charge in [0, 0.05) is 18.6 Å². The molecule has 1 aromatic carbocycles. The molecule has 94 valence electrons. The van der Waals surface area contributed by atoms with Gasteiger partial charge < -0.3 is 4.74 Å². The number of carbonyl (C=O) groups is 1. The van der Waals surface area contributed by atoms with E-state index in [1.54, 1.807) is 6.92 Å². The highest BCUT2D eigenvalue weighted by Gasteiger charge is 2.34. The number of alkyl halides is 3. The average Bonchev–Trinajstić information content (AvgIpc) is 2.28. The number of rotatable bonds is 5. The van der Waals surface area contributed by atoms with Gasteiger partial charge in [0.2, 0.25) is 0 Å². The molecule has 0 spiro atoms. The van der Waals surface area contributed by atoms with Gasteiger partial charge in [-0.2, -0.15) is 13.2 Å². The Hall–Kier alpha value is -1.36. The van der Waals surface area contributed by atoms with E-state index in [0.717, 1.165) is 6.07 Å². The third-order valence-corrected chi connectivity index (χ3v) is 2.21. The molecule has 0 fully saturated rings. The van der Waals surface area contributed by atoms with Gasteiger partial charge in [0.05, 0.1) is 12.2 Å². The monoisotopic (exact) mass is 246 g/mol. The fourth-order valence-corrected chi connectivity index (χ4v) is 1.42. The smallest absolute Gasteiger partial charge is 0.381 e. The Balaban J connectivity index is 2.86. The van der Waals surface area contributed by atoms with Crippen LogP contribution in [0, 0.1) is 0 Å². The first-order valence-corrected chi connectivity index (χ1v) is 5.24. The molecule has 0 aliphatic heterocycles. The number of ketones is 1. The first kappa shape index (κ1) is 13.7. The Labute approximate surface area is 97.4 Å². The van der Waals surface area contributed by atoms with Crippen molar-refractivity contribution in [2.45, 2.75) is 19.5 Å². The fraction of sp³-hybridized carbons (Fsp3) is 0.417. The van der Waals surface area contributed by atoms with Crippen molar-refractivity contribution in [1.29, 1.82) is 0 Å². The van der Waals surface area contributed by atoms with E-state index in [2.05, 4.69) is 0 Å². The van der Waals surface area contributed by atoms with Crippen LogP contribution in [0.5, 0.6) is 0 Å². The summed E-state index contributed by atoms with van der Waals surface area (Å²) in [6.45, 7) is 2.34. The minimum atomic E-state index is -4.50. The molecule has 0 aliphatic carbocycles. The third kappa shape index (κ3) is 3.85. The molecule has 0 amide bonds. The zero-order chi connectivity index (χ0) is 12.9. The Morgan fingerprint density at radius 1 is 1.29 bits per heavy atom. The molecule has 0 N–H and O–H groups in total. The van der Waals surface area contributed by atoms with Crippen LogP contribution < -0.4 is 0 Å². The molecule has 0 aliphatic rings. The van der Waals surface area contributed by atoms with Gasteiger partial charge in [0.15, 0.2) is 5.78 Å². The van der Waals surface area contributed by atoms with E-state index in [-0.39, 0.29) is 18.6 Å². The molecule has 0 aromatic heterocycles. The lowest BCUT2D eigenvalue weighted by molar-refractivity contribution is -0.137. The van der Waals surface area contributed by atoms with Crippen LogP contribution in [0.25, 0.3) is 0 Å². The quantitative estimate of drug-likeness (QED) is 0.588. The molecule has 0 radical (unpaired) electrons. The summed E-state index contributed by atoms with van der Waals surface area (Å²) in [6, 6.07) is 4.79. The van der Waals surface area contributed by atoms with E-state index >= 15 is 0 Å². The van der Waals surface area contributed by atoms with Crippen molar-refractivity contribution in [2.24, 2.45) is 0 Å². The summed E-state index contributed by atoms with van der Waals surface area (Å²) in [5.41, 5.74) is -1.18. The van der Waals surface area contributed by atoms with Crippen molar-refractivity contribution in [2.75, 3.05) is 13.2 Å². The first-order valence-electron chi connectivity index (χ1n) is 5.24. The molecule has 1 rings (SSSR count). The average molecular weight is 246 g/mol. The van der Waals surface area contributed by atoms with Crippen LogP contribution in [-0.4, -0.2) is 19.0 Å². The topological polar surface area (TPSA) is 26.3 Å². The highest BCUT2D eigenvalue weighted by Crippen LogP contribution is 2.32. The number of ether oxygens (including phenoxy) is 1. The van der Waals surface area contributed by atoms with Gasteiger partial charge in [-0.3, -0.25) is 4.79 Å². The molecule has 0 saturated heterocycles. The molecule has 17 heavy (non-hydrogen) atoms. The molecule has 0 bridgehead atoms. The van der Waals surface area contributed by atoms with Crippen molar-refractivity contribution in [3.05, 3.63) is 35.4 Å². The predicted octanol–water partition coefficient (Wildman–Crippen LogP) is 3.31. The number of benzene rings is 1. The standard InChI is InChI=1S/C12H13F3O2/c1-2-17-8-7-11(16)9-5-3-4-6-10(9)12(13,14)15/h3-6H,2,7-8H2,1H3. The van der Waals surface area contributed by atoms with Crippen molar-refractivity contribution in [3.8, 4) is 0 Å². The zero-order valence-electron chi connectivity index (χ0n) is 9.38. The van der Waals surface area contributed by atoms with Crippen LogP contribution in [-0.2, 0) is 10.9 Å². The third-order valence-electron chi connectivity index (χ3n) is 2.21. The summed E-state index contributed by atoms with van der Waals surface area (Å²) in [7, 11) is 0. The minimum absolute atomic E-state index is 0.0407. The SMILES string of the molecule is CCOCCC(=O)c1ccccc1C(F)(F)F. The summed E-state index contributed by atoms with van der Waals surface area (Å²) in [5, 5.41) is 0. The maximum Gasteiger partial charge on any atom is 0.417 e. The van der Waals surface area contributed by atoms with Gasteiger partial charge in [0.1, 0.15) is 0 Å². The first-order chi connectivity index (χ1) is 7.96. The second-order valence-corrected chi connectivity index (χ2v) is 3.41. The minimum Gasteiger partial charge on any atom is -0.381 e. The number of Topliss-reactive ketones (excluding diaryl/α,β-unsaturated/α-hetero) is 1. The molecule has 0 atom stereocenters. The number of hydrogen-bond donors (Lipinski definition) is 0. The van der Waals surface area contributed by atoms with E-state index < -0.39 is 17.5 Å². The summed E-state index contributed by atoms with van der Waals surface area (Å²) in [5.74, 6) is -0.550. The van der Waals surface area contributed by atoms with Crippen molar-refractivity contribution in [3.63, 3.8) is 0 Å². The van der Waals surface area contributed by atoms with E-state index in [4.69, 9.17) is 4.74 Å². The molecule has 2 nitrogen and oxygen atoms in total. The maximum atomic E-state index is 12.6. The van der Waals surface area contributed by atoms with Gasteiger partial charge in [0.25, 0.3) is 0 Å². The highest BCUT2D eigenvalue weighted by atomic mass is 19.4. The number of carbonyl (C=O) groups excluding carboxylic acids is 1. The lowest BCUT2D eigenvalue weighted by atomic mass is 10.0. The molecular formula is C12H13F3O2. The van der Waals surface area contributed by atoms with E-state index in [9.17, 15) is 18.0 Å². The normalized spacial score (nSPS) is 11.5. The van der Waals surface area contributed by atoms with E-state index in [1.165, 1.54) is 18.2 Å². The lowest BCUT2D eigenvalue weighted by Gasteiger charge is -2.11. The van der Waals surface area contributed by atoms with Crippen LogP contribution in [0.4, 0.5) is 13.2 Å². The van der Waals surface area contributed by atoms with Crippen LogP contribution in [0.3, 0.4) is 0 Å². The van der Waals surface area contributed by atoms with Gasteiger partial charge in [-0.1, -0.05) is 18.2 Å². The summed E-state index contributed by atoms with van der Waals surface area (Å²) in [4.78, 5) is 11.6. The summed E-state index contributed by atoms with van der Waals surface area (Å²) >= 11 is 0. The van der Waals surface area contributed by atoms with E-state index in [1.807, 2.05) is 0 Å². The van der Waals surface area contributed by atoms with Gasteiger partial charge in [-0.25, -0.2) is 0 Å². The molecular weight excluding hydrogens is 233 g/mol. The molecule has 0 saturated carbocycles. The zero-order valence-corrected chi connectivity index (χ0v) is 9.38. The highest BCUT2D eigenvalue weighted by molar-refractivity contribution is 5.97. The van der Waals surface area contributed by atoms with Crippen LogP contribution in [0.1, 0.15) is 29.3 Å². The lowest BCUT2D eigenvalue weighted by Crippen LogP contribution is -2.14. The van der Waals surface area contributed by atoms with Crippen molar-refractivity contribution in [1.82, 2.24) is 0 Å². The second kappa shape index (κ2) is 5.82. The Morgan fingerprint density at radius 3 is 2.53 bits per heavy atom. The van der Waals surface area contributed by atoms with Crippen LogP contribution in [0.2, 0.25) is 0 Å². The van der Waals surface area contributed by atoms with Crippen molar-refractivity contribution >= 4 is 5.78 Å². The largest absolute Gasteiger partial charge is 0.417 e. The van der Waals surface area contributed by atoms with Crippen LogP contribution >= 0.6 is 0 Å². The molecule has 0 unspecified atom stereocenters. The van der Waals surface area contributed by atoms with Gasteiger partial charge in [-0.15, -0.1) is 0 Å². The van der Waals surface area contributed by atoms with Gasteiger partial charge >= 0.3 is 6.18 Å². The number of hydrogen-bond acceptors (Lipinski definition) is 2. The molecule has 0 heterocycles. The Morgan fingerprint density at radius 2 is 1.94 bits per heavy atom.